The summed E-state index contributed by atoms with van der Waals surface area (Å²) in [5.74, 6) is -0.0486. The van der Waals surface area contributed by atoms with Crippen molar-refractivity contribution in [1.82, 2.24) is 9.88 Å². The molecule has 1 aromatic rings. The molecule has 0 atom stereocenters. The Hall–Kier alpha value is -1.25. The summed E-state index contributed by atoms with van der Waals surface area (Å²) in [5, 5.41) is 2.55. The van der Waals surface area contributed by atoms with Crippen molar-refractivity contribution in [3.05, 3.63) is 24.0 Å². The molecule has 0 saturated heterocycles. The van der Waals surface area contributed by atoms with Gasteiger partial charge in [0, 0.05) is 20.3 Å². The molecule has 3 nitrogen and oxygen atoms in total. The third-order valence-corrected chi connectivity index (χ3v) is 1.40. The Morgan fingerprint density at radius 2 is 2.40 bits per heavy atom. The van der Waals surface area contributed by atoms with E-state index in [0.29, 0.717) is 5.69 Å². The van der Waals surface area contributed by atoms with E-state index in [1.807, 2.05) is 19.3 Å². The Morgan fingerprint density at radius 1 is 1.70 bits per heavy atom. The summed E-state index contributed by atoms with van der Waals surface area (Å²) >= 11 is 0. The first-order valence-corrected chi connectivity index (χ1v) is 3.09. The Labute approximate surface area is 59.7 Å². The highest BCUT2D eigenvalue weighted by Crippen LogP contribution is 1.97. The fourth-order valence-electron chi connectivity index (χ4n) is 0.825. The van der Waals surface area contributed by atoms with E-state index in [4.69, 9.17) is 0 Å². The van der Waals surface area contributed by atoms with Crippen molar-refractivity contribution >= 4 is 5.91 Å². The van der Waals surface area contributed by atoms with Gasteiger partial charge in [-0.05, 0) is 12.1 Å². The van der Waals surface area contributed by atoms with Crippen LogP contribution in [0.1, 0.15) is 10.5 Å². The predicted molar refractivity (Wildman–Crippen MR) is 38.8 cm³/mol. The van der Waals surface area contributed by atoms with Crippen LogP contribution in [0.15, 0.2) is 18.3 Å². The molecule has 1 heterocycles. The quantitative estimate of drug-likeness (QED) is 0.598. The smallest absolute Gasteiger partial charge is 0.267 e. The molecule has 0 aliphatic rings. The van der Waals surface area contributed by atoms with Crippen molar-refractivity contribution in [2.75, 3.05) is 7.05 Å². The zero-order valence-corrected chi connectivity index (χ0v) is 6.09. The summed E-state index contributed by atoms with van der Waals surface area (Å²) in [6, 6.07) is 3.61. The molecular weight excluding hydrogens is 128 g/mol. The second-order valence-corrected chi connectivity index (χ2v) is 2.08. The number of carbonyl (C=O) groups excluding carboxylic acids is 1. The Balaban J connectivity index is 2.93. The summed E-state index contributed by atoms with van der Waals surface area (Å²) < 4.78 is 1.78. The van der Waals surface area contributed by atoms with Gasteiger partial charge in [-0.1, -0.05) is 0 Å². The van der Waals surface area contributed by atoms with Crippen LogP contribution in [0.3, 0.4) is 0 Å². The molecule has 0 bridgehead atoms. The largest absolute Gasteiger partial charge is 0.354 e. The molecule has 0 saturated carbocycles. The zero-order valence-electron chi connectivity index (χ0n) is 6.09. The molecular formula is C7H10N2O. The van der Waals surface area contributed by atoms with E-state index in [9.17, 15) is 4.79 Å². The van der Waals surface area contributed by atoms with Crippen LogP contribution in [0.2, 0.25) is 0 Å². The van der Waals surface area contributed by atoms with Gasteiger partial charge in [-0.3, -0.25) is 4.79 Å². The van der Waals surface area contributed by atoms with Gasteiger partial charge in [-0.2, -0.15) is 0 Å². The summed E-state index contributed by atoms with van der Waals surface area (Å²) in [5.41, 5.74) is 0.683. The Kier molecular flexibility index (Phi) is 1.76. The molecule has 1 amide bonds. The standard InChI is InChI=1S/C7H10N2O/c1-8-7(10)6-4-3-5-9(6)2/h3-5H,1-2H3,(H,8,10). The average Bonchev–Trinajstić information content (AvgIpc) is 2.34. The number of nitrogens with zero attached hydrogens (tertiary/aromatic N) is 1. The molecule has 3 heteroatoms. The number of nitrogens with one attached hydrogen (secondary N) is 1. The molecule has 10 heavy (non-hydrogen) atoms. The molecule has 1 aromatic heterocycles. The SMILES string of the molecule is CNC(=O)c1cccn1C. The van der Waals surface area contributed by atoms with Crippen LogP contribution in [0.4, 0.5) is 0 Å². The van der Waals surface area contributed by atoms with Gasteiger partial charge in [0.2, 0.25) is 0 Å². The molecule has 54 valence electrons. The van der Waals surface area contributed by atoms with Gasteiger partial charge >= 0.3 is 0 Å². The van der Waals surface area contributed by atoms with Crippen LogP contribution in [-0.2, 0) is 7.05 Å². The van der Waals surface area contributed by atoms with E-state index in [2.05, 4.69) is 5.32 Å². The fraction of sp³-hybridized carbons (Fsp3) is 0.286. The van der Waals surface area contributed by atoms with Crippen LogP contribution in [0.5, 0.6) is 0 Å². The molecule has 0 fully saturated rings. The topological polar surface area (TPSA) is 34.0 Å². The van der Waals surface area contributed by atoms with E-state index < -0.39 is 0 Å². The van der Waals surface area contributed by atoms with Crippen molar-refractivity contribution < 1.29 is 4.79 Å². The molecule has 0 unspecified atom stereocenters. The maximum absolute atomic E-state index is 11.0. The molecule has 0 aliphatic heterocycles. The van der Waals surface area contributed by atoms with Gasteiger partial charge in [0.1, 0.15) is 5.69 Å². The van der Waals surface area contributed by atoms with E-state index in [1.54, 1.807) is 17.7 Å². The average molecular weight is 138 g/mol. The summed E-state index contributed by atoms with van der Waals surface area (Å²) in [7, 11) is 3.46. The summed E-state index contributed by atoms with van der Waals surface area (Å²) in [6.45, 7) is 0. The minimum atomic E-state index is -0.0486. The highest BCUT2D eigenvalue weighted by atomic mass is 16.1. The second kappa shape index (κ2) is 2.56. The number of hydrogen-bond acceptors (Lipinski definition) is 1. The van der Waals surface area contributed by atoms with Crippen LogP contribution in [-0.4, -0.2) is 17.5 Å². The first-order valence-electron chi connectivity index (χ1n) is 3.09. The number of rotatable bonds is 1. The summed E-state index contributed by atoms with van der Waals surface area (Å²) in [4.78, 5) is 11.0. The molecule has 0 aliphatic carbocycles. The predicted octanol–water partition coefficient (Wildman–Crippen LogP) is 0.385. The number of amides is 1. The monoisotopic (exact) mass is 138 g/mol. The number of hydrogen-bond donors (Lipinski definition) is 1. The highest BCUT2D eigenvalue weighted by molar-refractivity contribution is 5.92. The van der Waals surface area contributed by atoms with Gasteiger partial charge in [0.25, 0.3) is 5.91 Å². The first kappa shape index (κ1) is 6.86. The second-order valence-electron chi connectivity index (χ2n) is 2.08. The van der Waals surface area contributed by atoms with E-state index in [0.717, 1.165) is 0 Å². The normalized spacial score (nSPS) is 9.40. The molecule has 0 aromatic carbocycles. The van der Waals surface area contributed by atoms with Gasteiger partial charge < -0.3 is 9.88 Å². The number of aromatic nitrogens is 1. The maximum Gasteiger partial charge on any atom is 0.267 e. The van der Waals surface area contributed by atoms with Gasteiger partial charge in [0.05, 0.1) is 0 Å². The van der Waals surface area contributed by atoms with Gasteiger partial charge in [-0.25, -0.2) is 0 Å². The van der Waals surface area contributed by atoms with E-state index in [-0.39, 0.29) is 5.91 Å². The van der Waals surface area contributed by atoms with Crippen molar-refractivity contribution in [3.8, 4) is 0 Å². The minimum Gasteiger partial charge on any atom is -0.354 e. The lowest BCUT2D eigenvalue weighted by Gasteiger charge is -1.99. The lowest BCUT2D eigenvalue weighted by Crippen LogP contribution is -2.20. The highest BCUT2D eigenvalue weighted by Gasteiger charge is 2.03. The zero-order chi connectivity index (χ0) is 7.56. The fourth-order valence-corrected chi connectivity index (χ4v) is 0.825. The summed E-state index contributed by atoms with van der Waals surface area (Å²) in [6.07, 6.45) is 1.84. The van der Waals surface area contributed by atoms with Crippen molar-refractivity contribution in [2.24, 2.45) is 7.05 Å². The van der Waals surface area contributed by atoms with Gasteiger partial charge in [-0.15, -0.1) is 0 Å². The van der Waals surface area contributed by atoms with Crippen molar-refractivity contribution in [1.29, 1.82) is 0 Å². The van der Waals surface area contributed by atoms with Crippen LogP contribution in [0, 0.1) is 0 Å². The molecule has 0 radical (unpaired) electrons. The van der Waals surface area contributed by atoms with Gasteiger partial charge in [0.15, 0.2) is 0 Å². The molecule has 1 N–H and O–H groups in total. The third kappa shape index (κ3) is 1.03. The van der Waals surface area contributed by atoms with Crippen LogP contribution in [0.25, 0.3) is 0 Å². The number of carbonyl (C=O) groups is 1. The van der Waals surface area contributed by atoms with Crippen molar-refractivity contribution in [3.63, 3.8) is 0 Å². The van der Waals surface area contributed by atoms with E-state index >= 15 is 0 Å². The van der Waals surface area contributed by atoms with Crippen molar-refractivity contribution in [2.45, 2.75) is 0 Å². The first-order chi connectivity index (χ1) is 4.75. The lowest BCUT2D eigenvalue weighted by atomic mass is 10.4. The number of aryl methyl sites for hydroxylation is 1. The van der Waals surface area contributed by atoms with E-state index in [1.165, 1.54) is 0 Å². The maximum atomic E-state index is 11.0. The Bertz CT molecular complexity index is 240. The Morgan fingerprint density at radius 3 is 2.80 bits per heavy atom. The third-order valence-electron chi connectivity index (χ3n) is 1.40. The minimum absolute atomic E-state index is 0.0486. The van der Waals surface area contributed by atoms with Crippen LogP contribution >= 0.6 is 0 Å². The molecule has 0 spiro atoms. The lowest BCUT2D eigenvalue weighted by molar-refractivity contribution is 0.0955. The van der Waals surface area contributed by atoms with Crippen LogP contribution < -0.4 is 5.32 Å². The molecule has 1 rings (SSSR count).